The van der Waals surface area contributed by atoms with E-state index >= 15 is 0 Å². The highest BCUT2D eigenvalue weighted by molar-refractivity contribution is 7.89. The van der Waals surface area contributed by atoms with Gasteiger partial charge in [0.15, 0.2) is 0 Å². The maximum atomic E-state index is 12.7. The monoisotopic (exact) mass is 391 g/mol. The fraction of sp³-hybridized carbons (Fsp3) is 0.333. The Morgan fingerprint density at radius 1 is 1.27 bits per heavy atom. The van der Waals surface area contributed by atoms with Crippen molar-refractivity contribution in [2.45, 2.75) is 31.1 Å². The quantitative estimate of drug-likeness (QED) is 0.794. The number of carbonyl (C=O) groups excluding carboxylic acids is 1. The zero-order chi connectivity index (χ0) is 18.6. The predicted octanol–water partition coefficient (Wildman–Crippen LogP) is 3.28. The molecule has 1 saturated heterocycles. The average Bonchev–Trinajstić information content (AvgIpc) is 3.06. The van der Waals surface area contributed by atoms with Crippen molar-refractivity contribution >= 4 is 39.0 Å². The highest BCUT2D eigenvalue weighted by Gasteiger charge is 2.26. The first-order valence-corrected chi connectivity index (χ1v) is 10.8. The Balaban J connectivity index is 1.70. The normalized spacial score (nSPS) is 16.0. The molecular weight excluding hydrogens is 370 g/mol. The molecule has 0 aliphatic carbocycles. The molecule has 8 heteroatoms. The zero-order valence-electron chi connectivity index (χ0n) is 14.5. The zero-order valence-corrected chi connectivity index (χ0v) is 16.1. The van der Waals surface area contributed by atoms with Gasteiger partial charge in [-0.25, -0.2) is 13.4 Å². The molecule has 3 rings (SSSR count). The van der Waals surface area contributed by atoms with Gasteiger partial charge in [-0.05, 0) is 44.0 Å². The maximum Gasteiger partial charge on any atom is 0.248 e. The molecule has 0 unspecified atom stereocenters. The third-order valence-electron chi connectivity index (χ3n) is 4.10. The number of amides is 1. The van der Waals surface area contributed by atoms with E-state index < -0.39 is 10.0 Å². The molecule has 6 nitrogen and oxygen atoms in total. The Kier molecular flexibility index (Phi) is 5.85. The van der Waals surface area contributed by atoms with Gasteiger partial charge in [-0.2, -0.15) is 4.31 Å². The van der Waals surface area contributed by atoms with Gasteiger partial charge in [-0.3, -0.25) is 4.79 Å². The van der Waals surface area contributed by atoms with E-state index in [1.807, 2.05) is 12.3 Å². The van der Waals surface area contributed by atoms with Crippen LogP contribution < -0.4 is 5.32 Å². The molecule has 26 heavy (non-hydrogen) atoms. The molecule has 0 spiro atoms. The van der Waals surface area contributed by atoms with Crippen LogP contribution in [0.5, 0.6) is 0 Å². The summed E-state index contributed by atoms with van der Waals surface area (Å²) in [4.78, 5) is 16.5. The average molecular weight is 392 g/mol. The number of benzene rings is 1. The summed E-state index contributed by atoms with van der Waals surface area (Å²) in [6.07, 6.45) is 5.85. The summed E-state index contributed by atoms with van der Waals surface area (Å²) in [6.45, 7) is 3.00. The van der Waals surface area contributed by atoms with Crippen LogP contribution in [0.15, 0.2) is 40.6 Å². The van der Waals surface area contributed by atoms with E-state index in [-0.39, 0.29) is 10.8 Å². The second kappa shape index (κ2) is 8.11. The summed E-state index contributed by atoms with van der Waals surface area (Å²) in [7, 11) is -3.52. The van der Waals surface area contributed by atoms with E-state index in [0.717, 1.165) is 30.0 Å². The van der Waals surface area contributed by atoms with E-state index in [4.69, 9.17) is 0 Å². The number of thiazole rings is 1. The maximum absolute atomic E-state index is 12.7. The van der Waals surface area contributed by atoms with Crippen molar-refractivity contribution in [1.29, 1.82) is 0 Å². The minimum absolute atomic E-state index is 0.205. The van der Waals surface area contributed by atoms with Gasteiger partial charge in [0.25, 0.3) is 0 Å². The number of aryl methyl sites for hydroxylation is 1. The van der Waals surface area contributed by atoms with Crippen LogP contribution in [-0.2, 0) is 14.8 Å². The molecule has 1 aromatic carbocycles. The van der Waals surface area contributed by atoms with Crippen molar-refractivity contribution in [2.75, 3.05) is 18.4 Å². The fourth-order valence-corrected chi connectivity index (χ4v) is 4.93. The van der Waals surface area contributed by atoms with Gasteiger partial charge in [0.1, 0.15) is 0 Å². The van der Waals surface area contributed by atoms with Gasteiger partial charge in [0.05, 0.1) is 15.6 Å². The number of anilines is 1. The lowest BCUT2D eigenvalue weighted by Crippen LogP contribution is -2.35. The van der Waals surface area contributed by atoms with E-state index in [0.29, 0.717) is 18.8 Å². The van der Waals surface area contributed by atoms with E-state index in [1.54, 1.807) is 24.3 Å². The molecule has 0 radical (unpaired) electrons. The molecule has 1 amide bonds. The highest BCUT2D eigenvalue weighted by atomic mass is 32.2. The van der Waals surface area contributed by atoms with E-state index in [1.165, 1.54) is 27.8 Å². The first kappa shape index (κ1) is 18.8. The van der Waals surface area contributed by atoms with Crippen molar-refractivity contribution in [1.82, 2.24) is 9.29 Å². The molecule has 1 N–H and O–H groups in total. The smallest absolute Gasteiger partial charge is 0.248 e. The van der Waals surface area contributed by atoms with Crippen molar-refractivity contribution in [3.63, 3.8) is 0 Å². The number of nitrogens with zero attached hydrogens (tertiary/aromatic N) is 2. The summed E-state index contributed by atoms with van der Waals surface area (Å²) in [5.74, 6) is -0.330. The lowest BCUT2D eigenvalue weighted by molar-refractivity contribution is -0.111. The van der Waals surface area contributed by atoms with Gasteiger partial charge in [0, 0.05) is 30.2 Å². The molecule has 2 aromatic rings. The highest BCUT2D eigenvalue weighted by Crippen LogP contribution is 2.23. The van der Waals surface area contributed by atoms with Crippen molar-refractivity contribution < 1.29 is 13.2 Å². The largest absolute Gasteiger partial charge is 0.322 e. The van der Waals surface area contributed by atoms with Crippen LogP contribution in [0.4, 0.5) is 5.69 Å². The third kappa shape index (κ3) is 4.57. The van der Waals surface area contributed by atoms with Gasteiger partial charge < -0.3 is 5.32 Å². The fourth-order valence-electron chi connectivity index (χ4n) is 2.79. The lowest BCUT2D eigenvalue weighted by Gasteiger charge is -2.26. The van der Waals surface area contributed by atoms with Gasteiger partial charge in [0.2, 0.25) is 15.9 Å². The molecule has 1 fully saturated rings. The second-order valence-electron chi connectivity index (χ2n) is 6.11. The first-order chi connectivity index (χ1) is 12.4. The topological polar surface area (TPSA) is 79.4 Å². The number of aromatic nitrogens is 1. The van der Waals surface area contributed by atoms with Crippen LogP contribution in [0.1, 0.15) is 30.0 Å². The Morgan fingerprint density at radius 2 is 2.04 bits per heavy atom. The predicted molar refractivity (Wildman–Crippen MR) is 104 cm³/mol. The van der Waals surface area contributed by atoms with Crippen LogP contribution in [0.3, 0.4) is 0 Å². The first-order valence-electron chi connectivity index (χ1n) is 8.46. The Hall–Kier alpha value is -2.03. The number of hydrogen-bond donors (Lipinski definition) is 1. The number of nitrogens with one attached hydrogen (secondary N) is 1. The van der Waals surface area contributed by atoms with Gasteiger partial charge in [-0.15, -0.1) is 11.3 Å². The Bertz CT molecular complexity index is 913. The standard InChI is InChI=1S/C18H21N3O3S2/c1-14-19-16(13-25-14)8-9-18(22)20-15-6-5-7-17(12-15)26(23,24)21-10-3-2-4-11-21/h5-9,12-13H,2-4,10-11H2,1H3,(H,20,22)/b9-8+. The van der Waals surface area contributed by atoms with Gasteiger partial charge in [-0.1, -0.05) is 12.5 Å². The summed E-state index contributed by atoms with van der Waals surface area (Å²) in [6, 6.07) is 6.38. The summed E-state index contributed by atoms with van der Waals surface area (Å²) in [5, 5.41) is 5.50. The molecule has 1 aromatic heterocycles. The molecule has 0 saturated carbocycles. The minimum atomic E-state index is -3.52. The van der Waals surface area contributed by atoms with E-state index in [9.17, 15) is 13.2 Å². The van der Waals surface area contributed by atoms with Gasteiger partial charge >= 0.3 is 0 Å². The minimum Gasteiger partial charge on any atom is -0.322 e. The molecule has 1 aliphatic rings. The molecule has 0 atom stereocenters. The van der Waals surface area contributed by atoms with Crippen LogP contribution >= 0.6 is 11.3 Å². The molecule has 2 heterocycles. The van der Waals surface area contributed by atoms with Crippen molar-refractivity contribution in [3.8, 4) is 0 Å². The molecular formula is C18H21N3O3S2. The number of piperidine rings is 1. The number of carbonyl (C=O) groups is 1. The summed E-state index contributed by atoms with van der Waals surface area (Å²) < 4.78 is 27.0. The molecule has 1 aliphatic heterocycles. The summed E-state index contributed by atoms with van der Waals surface area (Å²) >= 11 is 1.51. The van der Waals surface area contributed by atoms with Crippen LogP contribution in [0, 0.1) is 6.92 Å². The van der Waals surface area contributed by atoms with Crippen LogP contribution in [0.25, 0.3) is 6.08 Å². The van der Waals surface area contributed by atoms with E-state index in [2.05, 4.69) is 10.3 Å². The van der Waals surface area contributed by atoms with Crippen LogP contribution in [-0.4, -0.2) is 36.7 Å². The van der Waals surface area contributed by atoms with Crippen LogP contribution in [0.2, 0.25) is 0 Å². The molecule has 138 valence electrons. The number of rotatable bonds is 5. The van der Waals surface area contributed by atoms with Crippen molar-refractivity contribution in [2.24, 2.45) is 0 Å². The van der Waals surface area contributed by atoms with Crippen molar-refractivity contribution in [3.05, 3.63) is 46.4 Å². The SMILES string of the molecule is Cc1nc(/C=C/C(=O)Nc2cccc(S(=O)(=O)N3CCCCC3)c2)cs1. The Labute approximate surface area is 157 Å². The number of hydrogen-bond acceptors (Lipinski definition) is 5. The molecule has 0 bridgehead atoms. The Morgan fingerprint density at radius 3 is 2.73 bits per heavy atom. The summed E-state index contributed by atoms with van der Waals surface area (Å²) in [5.41, 5.74) is 1.18. The number of sulfonamides is 1. The second-order valence-corrected chi connectivity index (χ2v) is 9.11. The lowest BCUT2D eigenvalue weighted by atomic mass is 10.2. The third-order valence-corrected chi connectivity index (χ3v) is 6.78.